The second-order valence-corrected chi connectivity index (χ2v) is 5.01. The Bertz CT molecular complexity index is 627. The molecule has 0 spiro atoms. The summed E-state index contributed by atoms with van der Waals surface area (Å²) in [6, 6.07) is 19.3. The number of carbonyl (C=O) groups excluding carboxylic acids is 1. The normalized spacial score (nSPS) is 11.4. The highest BCUT2D eigenvalue weighted by molar-refractivity contribution is 5.76. The highest BCUT2D eigenvalue weighted by atomic mass is 16.1. The molecular weight excluding hydrogens is 260 g/mol. The van der Waals surface area contributed by atoms with Gasteiger partial charge in [0, 0.05) is 6.42 Å². The highest BCUT2D eigenvalue weighted by Gasteiger charge is 2.09. The Labute approximate surface area is 125 Å². The Balaban J connectivity index is 1.85. The van der Waals surface area contributed by atoms with E-state index in [0.717, 1.165) is 12.0 Å². The van der Waals surface area contributed by atoms with Crippen molar-refractivity contribution in [2.24, 2.45) is 0 Å². The molecule has 0 aromatic heterocycles. The summed E-state index contributed by atoms with van der Waals surface area (Å²) in [7, 11) is 0. The van der Waals surface area contributed by atoms with Crippen LogP contribution in [0.25, 0.3) is 0 Å². The van der Waals surface area contributed by atoms with Crippen molar-refractivity contribution >= 4 is 5.91 Å². The largest absolute Gasteiger partial charge is 0.350 e. The molecule has 3 nitrogen and oxygen atoms in total. The van der Waals surface area contributed by atoms with Gasteiger partial charge in [-0.3, -0.25) is 4.79 Å². The summed E-state index contributed by atoms with van der Waals surface area (Å²) in [6.45, 7) is 1.95. The molecular formula is C18H18N2O. The predicted molar refractivity (Wildman–Crippen MR) is 82.5 cm³/mol. The lowest BCUT2D eigenvalue weighted by atomic mass is 10.1. The Hall–Kier alpha value is -2.60. The first-order valence-electron chi connectivity index (χ1n) is 7.02. The van der Waals surface area contributed by atoms with Gasteiger partial charge in [0.25, 0.3) is 0 Å². The molecule has 1 unspecified atom stereocenters. The summed E-state index contributed by atoms with van der Waals surface area (Å²) in [4.78, 5) is 12.0. The van der Waals surface area contributed by atoms with Gasteiger partial charge in [-0.25, -0.2) is 0 Å². The Kier molecular flexibility index (Phi) is 5.11. The minimum absolute atomic E-state index is 0.0377. The molecule has 0 radical (unpaired) electrons. The van der Waals surface area contributed by atoms with Crippen molar-refractivity contribution in [3.8, 4) is 6.07 Å². The van der Waals surface area contributed by atoms with E-state index < -0.39 is 0 Å². The highest BCUT2D eigenvalue weighted by Crippen LogP contribution is 2.13. The quantitative estimate of drug-likeness (QED) is 0.911. The average Bonchev–Trinajstić information content (AvgIpc) is 2.54. The molecule has 2 aromatic rings. The number of benzene rings is 2. The third kappa shape index (κ3) is 4.47. The predicted octanol–water partition coefficient (Wildman–Crippen LogP) is 3.37. The molecule has 0 fully saturated rings. The first kappa shape index (κ1) is 14.8. The Morgan fingerprint density at radius 2 is 1.81 bits per heavy atom. The van der Waals surface area contributed by atoms with E-state index in [2.05, 4.69) is 11.4 Å². The molecule has 0 aliphatic heterocycles. The van der Waals surface area contributed by atoms with Crippen molar-refractivity contribution in [1.82, 2.24) is 5.32 Å². The van der Waals surface area contributed by atoms with Crippen molar-refractivity contribution in [2.45, 2.75) is 25.8 Å². The zero-order valence-corrected chi connectivity index (χ0v) is 12.0. The van der Waals surface area contributed by atoms with E-state index in [4.69, 9.17) is 5.26 Å². The minimum atomic E-state index is -0.0546. The fourth-order valence-electron chi connectivity index (χ4n) is 2.15. The number of nitriles is 1. The maximum absolute atomic E-state index is 12.0. The van der Waals surface area contributed by atoms with Gasteiger partial charge < -0.3 is 5.32 Å². The number of rotatable bonds is 5. The molecule has 3 heteroatoms. The summed E-state index contributed by atoms with van der Waals surface area (Å²) in [5.74, 6) is 0.0377. The van der Waals surface area contributed by atoms with Crippen LogP contribution in [0.15, 0.2) is 54.6 Å². The summed E-state index contributed by atoms with van der Waals surface area (Å²) in [5, 5.41) is 11.8. The topological polar surface area (TPSA) is 52.9 Å². The Morgan fingerprint density at radius 1 is 1.14 bits per heavy atom. The van der Waals surface area contributed by atoms with Crippen LogP contribution in [0.2, 0.25) is 0 Å². The van der Waals surface area contributed by atoms with Gasteiger partial charge in [-0.2, -0.15) is 5.26 Å². The van der Waals surface area contributed by atoms with Gasteiger partial charge >= 0.3 is 0 Å². The second-order valence-electron chi connectivity index (χ2n) is 5.01. The van der Waals surface area contributed by atoms with Crippen molar-refractivity contribution in [2.75, 3.05) is 0 Å². The van der Waals surface area contributed by atoms with Gasteiger partial charge in [0.1, 0.15) is 0 Å². The number of amides is 1. The van der Waals surface area contributed by atoms with Crippen LogP contribution >= 0.6 is 0 Å². The number of nitrogens with zero attached hydrogens (tertiary/aromatic N) is 1. The molecule has 0 bridgehead atoms. The molecule has 0 heterocycles. The van der Waals surface area contributed by atoms with Crippen molar-refractivity contribution in [1.29, 1.82) is 5.26 Å². The summed E-state index contributed by atoms with van der Waals surface area (Å²) in [5.41, 5.74) is 2.79. The van der Waals surface area contributed by atoms with Gasteiger partial charge in [0.2, 0.25) is 5.91 Å². The van der Waals surface area contributed by atoms with E-state index in [1.165, 1.54) is 5.56 Å². The molecule has 21 heavy (non-hydrogen) atoms. The molecule has 0 aliphatic carbocycles. The van der Waals surface area contributed by atoms with E-state index >= 15 is 0 Å². The molecule has 1 atom stereocenters. The van der Waals surface area contributed by atoms with Crippen LogP contribution in [-0.2, 0) is 11.2 Å². The van der Waals surface area contributed by atoms with Crippen LogP contribution in [0.1, 0.15) is 36.1 Å². The number of hydrogen-bond acceptors (Lipinski definition) is 2. The number of carbonyl (C=O) groups is 1. The smallest absolute Gasteiger partial charge is 0.220 e. The lowest BCUT2D eigenvalue weighted by Crippen LogP contribution is -2.26. The van der Waals surface area contributed by atoms with Gasteiger partial charge in [-0.05, 0) is 36.6 Å². The van der Waals surface area contributed by atoms with Crippen molar-refractivity contribution < 1.29 is 4.79 Å². The van der Waals surface area contributed by atoms with Gasteiger partial charge in [0.15, 0.2) is 0 Å². The standard InChI is InChI=1S/C18H18N2O/c1-14(17-10-7-16(13-19)8-11-17)20-18(21)12-9-15-5-3-2-4-6-15/h2-8,10-11,14H,9,12H2,1H3,(H,20,21). The summed E-state index contributed by atoms with van der Waals surface area (Å²) in [6.07, 6.45) is 1.22. The first-order valence-corrected chi connectivity index (χ1v) is 7.02. The molecule has 2 rings (SSSR count). The van der Waals surface area contributed by atoms with Gasteiger partial charge in [-0.1, -0.05) is 42.5 Å². The van der Waals surface area contributed by atoms with E-state index in [9.17, 15) is 4.79 Å². The molecule has 0 saturated heterocycles. The summed E-state index contributed by atoms with van der Waals surface area (Å²) >= 11 is 0. The fraction of sp³-hybridized carbons (Fsp3) is 0.222. The van der Waals surface area contributed by atoms with Crippen LogP contribution in [0.3, 0.4) is 0 Å². The molecule has 0 aliphatic rings. The molecule has 106 valence electrons. The van der Waals surface area contributed by atoms with Crippen LogP contribution in [-0.4, -0.2) is 5.91 Å². The van der Waals surface area contributed by atoms with E-state index in [-0.39, 0.29) is 11.9 Å². The van der Waals surface area contributed by atoms with Crippen LogP contribution < -0.4 is 5.32 Å². The van der Waals surface area contributed by atoms with Gasteiger partial charge in [-0.15, -0.1) is 0 Å². The van der Waals surface area contributed by atoms with Gasteiger partial charge in [0.05, 0.1) is 17.7 Å². The van der Waals surface area contributed by atoms with Crippen molar-refractivity contribution in [3.63, 3.8) is 0 Å². The number of nitrogens with one attached hydrogen (secondary N) is 1. The van der Waals surface area contributed by atoms with Crippen LogP contribution in [0, 0.1) is 11.3 Å². The summed E-state index contributed by atoms with van der Waals surface area (Å²) < 4.78 is 0. The lowest BCUT2D eigenvalue weighted by Gasteiger charge is -2.14. The van der Waals surface area contributed by atoms with Crippen LogP contribution in [0.5, 0.6) is 0 Å². The Morgan fingerprint density at radius 3 is 2.43 bits per heavy atom. The zero-order chi connectivity index (χ0) is 15.1. The molecule has 1 N–H and O–H groups in total. The van der Waals surface area contributed by atoms with E-state index in [1.54, 1.807) is 12.1 Å². The molecule has 1 amide bonds. The zero-order valence-electron chi connectivity index (χ0n) is 12.0. The first-order chi connectivity index (χ1) is 10.2. The van der Waals surface area contributed by atoms with E-state index in [1.807, 2.05) is 49.4 Å². The maximum atomic E-state index is 12.0. The van der Waals surface area contributed by atoms with Crippen LogP contribution in [0.4, 0.5) is 0 Å². The molecule has 2 aromatic carbocycles. The second kappa shape index (κ2) is 7.25. The lowest BCUT2D eigenvalue weighted by molar-refractivity contribution is -0.121. The third-order valence-electron chi connectivity index (χ3n) is 3.40. The average molecular weight is 278 g/mol. The monoisotopic (exact) mass is 278 g/mol. The SMILES string of the molecule is CC(NC(=O)CCc1ccccc1)c1ccc(C#N)cc1. The minimum Gasteiger partial charge on any atom is -0.350 e. The van der Waals surface area contributed by atoms with E-state index in [0.29, 0.717) is 12.0 Å². The molecule has 0 saturated carbocycles. The van der Waals surface area contributed by atoms with Crippen molar-refractivity contribution in [3.05, 3.63) is 71.3 Å². The number of aryl methyl sites for hydroxylation is 1. The number of hydrogen-bond donors (Lipinski definition) is 1. The third-order valence-corrected chi connectivity index (χ3v) is 3.40. The fourth-order valence-corrected chi connectivity index (χ4v) is 2.15. The maximum Gasteiger partial charge on any atom is 0.220 e.